The fourth-order valence-corrected chi connectivity index (χ4v) is 6.78. The maximum atomic E-state index is 11.8. The summed E-state index contributed by atoms with van der Waals surface area (Å²) in [6.45, 7) is -1.11. The standard InChI is InChI=1S/C18H23N4O13P3.3Na/c19-17-14-11(10-4-2-1-3-5-10)6-22(18(14)21-9-20-17)7-12-15(23)16(24)13(33-12)8-32-37(28,29)35-38(30,31)34-36(25,26)27;;;/h1-6,9,12-13,15-16,23-24H,7-8H2,(H,28,29)(H,30,31)(H2,19,20,21)(H2,25,26,27);;;/q;3*+1/p-3/t12-,13+,15+,16?;;;/m0.../s1. The number of aliphatic hydroxyl groups is 2. The van der Waals surface area contributed by atoms with Gasteiger partial charge in [0.05, 0.1) is 18.5 Å². The molecule has 7 atom stereocenters. The Bertz CT molecular complexity index is 1460. The third-order valence-corrected chi connectivity index (χ3v) is 9.10. The van der Waals surface area contributed by atoms with Gasteiger partial charge in [-0.1, -0.05) is 30.3 Å². The number of anilines is 1. The molecule has 208 valence electrons. The van der Waals surface area contributed by atoms with Gasteiger partial charge >= 0.3 is 88.7 Å². The van der Waals surface area contributed by atoms with Crippen LogP contribution in [0.15, 0.2) is 42.9 Å². The second-order valence-electron chi connectivity index (χ2n) is 8.03. The Morgan fingerprint density at radius 1 is 0.951 bits per heavy atom. The maximum absolute atomic E-state index is 11.8. The number of nitrogen functional groups attached to an aromatic ring is 1. The Morgan fingerprint density at radius 3 is 2.17 bits per heavy atom. The van der Waals surface area contributed by atoms with Crippen molar-refractivity contribution < 1.29 is 150 Å². The first-order chi connectivity index (χ1) is 17.7. The molecule has 5 N–H and O–H groups in total. The molecule has 3 aromatic rings. The summed E-state index contributed by atoms with van der Waals surface area (Å²) in [6, 6.07) is 9.16. The van der Waals surface area contributed by atoms with Crippen LogP contribution < -0.4 is 109 Å². The molecule has 1 fully saturated rings. The number of nitrogens with two attached hydrogens (primary N) is 1. The van der Waals surface area contributed by atoms with Gasteiger partial charge in [0.1, 0.15) is 42.2 Å². The van der Waals surface area contributed by atoms with Gasteiger partial charge in [-0.25, -0.2) is 18.6 Å². The van der Waals surface area contributed by atoms with Crippen LogP contribution >= 0.6 is 23.5 Å². The van der Waals surface area contributed by atoms with Crippen LogP contribution in [0, 0.1) is 0 Å². The Kier molecular flexibility index (Phi) is 15.6. The number of phosphoric ester groups is 1. The first kappa shape index (κ1) is 40.0. The van der Waals surface area contributed by atoms with Gasteiger partial charge in [-0.2, -0.15) is 0 Å². The third kappa shape index (κ3) is 10.5. The molecule has 1 aromatic carbocycles. The normalized spacial score (nSPS) is 24.6. The minimum atomic E-state index is -6.09. The van der Waals surface area contributed by atoms with E-state index in [2.05, 4.69) is 23.1 Å². The molecule has 2 aromatic heterocycles. The van der Waals surface area contributed by atoms with E-state index in [0.717, 1.165) is 5.56 Å². The van der Waals surface area contributed by atoms with E-state index in [0.29, 0.717) is 16.6 Å². The van der Waals surface area contributed by atoms with Gasteiger partial charge < -0.3 is 49.3 Å². The van der Waals surface area contributed by atoms with Crippen LogP contribution in [0.1, 0.15) is 0 Å². The summed E-state index contributed by atoms with van der Waals surface area (Å²) in [6.07, 6.45) is -2.88. The Labute approximate surface area is 299 Å². The monoisotopic (exact) mass is 662 g/mol. The predicted molar refractivity (Wildman–Crippen MR) is 121 cm³/mol. The zero-order valence-electron chi connectivity index (χ0n) is 21.9. The number of ether oxygens (including phenoxy) is 1. The van der Waals surface area contributed by atoms with E-state index >= 15 is 0 Å². The molecule has 3 heterocycles. The molecule has 0 bridgehead atoms. The van der Waals surface area contributed by atoms with Crippen molar-refractivity contribution in [1.82, 2.24) is 14.5 Å². The van der Waals surface area contributed by atoms with Gasteiger partial charge in [0.2, 0.25) is 0 Å². The molecule has 0 amide bonds. The van der Waals surface area contributed by atoms with E-state index in [1.54, 1.807) is 10.8 Å². The molecule has 4 unspecified atom stereocenters. The molecule has 0 radical (unpaired) electrons. The smallest absolute Gasteiger partial charge is 0.756 e. The van der Waals surface area contributed by atoms with Crippen LogP contribution in [0.4, 0.5) is 5.82 Å². The van der Waals surface area contributed by atoms with Crippen LogP contribution in [-0.2, 0) is 38.1 Å². The molecule has 1 saturated heterocycles. The number of rotatable bonds is 10. The van der Waals surface area contributed by atoms with Crippen molar-refractivity contribution in [1.29, 1.82) is 0 Å². The molecule has 1 aliphatic heterocycles. The fourth-order valence-electron chi connectivity index (χ4n) is 3.88. The van der Waals surface area contributed by atoms with Crippen molar-refractivity contribution in [2.45, 2.75) is 31.0 Å². The number of fused-ring (bicyclic) bond motifs is 1. The zero-order valence-corrected chi connectivity index (χ0v) is 30.6. The molecule has 41 heavy (non-hydrogen) atoms. The summed E-state index contributed by atoms with van der Waals surface area (Å²) in [4.78, 5) is 50.3. The van der Waals surface area contributed by atoms with Crippen molar-refractivity contribution in [3.05, 3.63) is 42.9 Å². The van der Waals surface area contributed by atoms with Gasteiger partial charge in [0, 0.05) is 11.8 Å². The number of hydrogen-bond acceptors (Lipinski definition) is 15. The maximum Gasteiger partial charge on any atom is 1.00 e. The van der Waals surface area contributed by atoms with Crippen molar-refractivity contribution in [3.8, 4) is 11.1 Å². The molecule has 1 aliphatic rings. The molecular weight excluding hydrogens is 642 g/mol. The van der Waals surface area contributed by atoms with E-state index in [1.165, 1.54) is 6.33 Å². The van der Waals surface area contributed by atoms with Crippen molar-refractivity contribution in [2.75, 3.05) is 12.3 Å². The Balaban J connectivity index is 0.00000280. The first-order valence-corrected chi connectivity index (χ1v) is 15.0. The van der Waals surface area contributed by atoms with E-state index in [-0.39, 0.29) is 101 Å². The number of phosphoric acid groups is 3. The number of nitrogens with zero attached hydrogens (tertiary/aromatic N) is 3. The van der Waals surface area contributed by atoms with Gasteiger partial charge in [-0.15, -0.1) is 0 Å². The summed E-state index contributed by atoms with van der Waals surface area (Å²) in [5, 5.41) is 21.4. The van der Waals surface area contributed by atoms with E-state index in [1.807, 2.05) is 30.3 Å². The van der Waals surface area contributed by atoms with Crippen LogP contribution in [0.3, 0.4) is 0 Å². The average molecular weight is 662 g/mol. The topological polar surface area (TPSA) is 275 Å². The van der Waals surface area contributed by atoms with Gasteiger partial charge in [-0.3, -0.25) is 13.7 Å². The van der Waals surface area contributed by atoms with Crippen molar-refractivity contribution >= 4 is 40.3 Å². The Hall–Kier alpha value is 0.930. The van der Waals surface area contributed by atoms with Gasteiger partial charge in [0.25, 0.3) is 23.5 Å². The van der Waals surface area contributed by atoms with E-state index in [9.17, 15) is 38.6 Å². The summed E-state index contributed by atoms with van der Waals surface area (Å²) in [5.74, 6) is 0.201. The summed E-state index contributed by atoms with van der Waals surface area (Å²) in [7, 11) is -17.8. The van der Waals surface area contributed by atoms with E-state index in [4.69, 9.17) is 15.4 Å². The Morgan fingerprint density at radius 2 is 1.56 bits per heavy atom. The predicted octanol–water partition coefficient (Wildman–Crippen LogP) is -10.4. The largest absolute Gasteiger partial charge is 1.00 e. The van der Waals surface area contributed by atoms with Crippen molar-refractivity contribution in [3.63, 3.8) is 0 Å². The second kappa shape index (κ2) is 16.0. The minimum absolute atomic E-state index is 0. The number of aliphatic hydroxyl groups excluding tert-OH is 2. The number of hydrogen-bond donors (Lipinski definition) is 4. The van der Waals surface area contributed by atoms with Crippen LogP contribution in [0.5, 0.6) is 0 Å². The average Bonchev–Trinajstić information content (AvgIpc) is 3.30. The molecule has 4 rings (SSSR count). The number of benzene rings is 1. The molecule has 0 saturated carbocycles. The van der Waals surface area contributed by atoms with Crippen LogP contribution in [0.25, 0.3) is 22.2 Å². The second-order valence-corrected chi connectivity index (χ2v) is 12.3. The number of aromatic nitrogens is 3. The minimum Gasteiger partial charge on any atom is -0.756 e. The molecule has 23 heteroatoms. The third-order valence-electron chi connectivity index (χ3n) is 5.41. The summed E-state index contributed by atoms with van der Waals surface area (Å²) < 4.78 is 51.8. The van der Waals surface area contributed by atoms with Crippen molar-refractivity contribution in [2.24, 2.45) is 0 Å². The summed E-state index contributed by atoms with van der Waals surface area (Å²) >= 11 is 0. The quantitative estimate of drug-likeness (QED) is 0.116. The van der Waals surface area contributed by atoms with Gasteiger partial charge in [-0.05, 0) is 5.56 Å². The first-order valence-electron chi connectivity index (χ1n) is 10.6. The molecular formula is C18H20N4Na3O13P3. The zero-order chi connectivity index (χ0) is 27.9. The van der Waals surface area contributed by atoms with Gasteiger partial charge in [0.15, 0.2) is 0 Å². The molecule has 0 aliphatic carbocycles. The summed E-state index contributed by atoms with van der Waals surface area (Å²) in [5.41, 5.74) is 7.96. The van der Waals surface area contributed by atoms with Crippen LogP contribution in [0.2, 0.25) is 0 Å². The fraction of sp³-hybridized carbons (Fsp3) is 0.333. The molecule has 0 spiro atoms. The van der Waals surface area contributed by atoms with E-state index < -0.39 is 54.5 Å². The van der Waals surface area contributed by atoms with Crippen LogP contribution in [-0.4, -0.2) is 60.7 Å². The molecule has 17 nitrogen and oxygen atoms in total. The SMILES string of the molecule is Nc1ncnc2c1c(-c1ccccc1)cn2C[C@@H]1O[C@H](COP(=O)([O-])OP(=O)([O-])OP(=O)([O-])O)C(O)[C@@H]1O.[Na+].[Na+].[Na+].